The van der Waals surface area contributed by atoms with Gasteiger partial charge < -0.3 is 10.4 Å². The van der Waals surface area contributed by atoms with Gasteiger partial charge in [0.2, 0.25) is 0 Å². The SMILES string of the molecule is N#Cc1cc(F)ccc1N/C=C/C(=O)O. The molecule has 1 aromatic rings. The van der Waals surface area contributed by atoms with Crippen molar-refractivity contribution in [2.75, 3.05) is 5.32 Å². The Morgan fingerprint density at radius 2 is 2.33 bits per heavy atom. The molecule has 0 spiro atoms. The monoisotopic (exact) mass is 206 g/mol. The van der Waals surface area contributed by atoms with Gasteiger partial charge in [-0.2, -0.15) is 5.26 Å². The number of nitriles is 1. The maximum absolute atomic E-state index is 12.7. The Bertz CT molecular complexity index is 449. The van der Waals surface area contributed by atoms with Gasteiger partial charge in [0.1, 0.15) is 11.9 Å². The first kappa shape index (κ1) is 10.7. The van der Waals surface area contributed by atoms with E-state index in [1.807, 2.05) is 0 Å². The van der Waals surface area contributed by atoms with Gasteiger partial charge in [-0.15, -0.1) is 0 Å². The summed E-state index contributed by atoms with van der Waals surface area (Å²) in [6.45, 7) is 0. The number of carboxylic acid groups (broad SMARTS) is 1. The number of hydrogen-bond acceptors (Lipinski definition) is 3. The summed E-state index contributed by atoms with van der Waals surface area (Å²) in [6, 6.07) is 5.40. The topological polar surface area (TPSA) is 73.1 Å². The zero-order valence-corrected chi connectivity index (χ0v) is 7.57. The molecular formula is C10H7FN2O2. The van der Waals surface area contributed by atoms with Gasteiger partial charge in [-0.1, -0.05) is 0 Å². The van der Waals surface area contributed by atoms with Crippen LogP contribution < -0.4 is 5.32 Å². The van der Waals surface area contributed by atoms with E-state index in [4.69, 9.17) is 10.4 Å². The van der Waals surface area contributed by atoms with Crippen molar-refractivity contribution in [3.63, 3.8) is 0 Å². The Morgan fingerprint density at radius 1 is 1.60 bits per heavy atom. The summed E-state index contributed by atoms with van der Waals surface area (Å²) in [5.74, 6) is -1.62. The number of nitrogens with zero attached hydrogens (tertiary/aromatic N) is 1. The standard InChI is InChI=1S/C10H7FN2O2/c11-8-1-2-9(7(5-8)6-12)13-4-3-10(14)15/h1-5,13H,(H,14,15)/b4-3+. The zero-order valence-electron chi connectivity index (χ0n) is 7.57. The normalized spacial score (nSPS) is 9.87. The number of halogens is 1. The number of aliphatic carboxylic acids is 1. The predicted octanol–water partition coefficient (Wildman–Crippen LogP) is 1.71. The van der Waals surface area contributed by atoms with E-state index in [0.29, 0.717) is 5.69 Å². The summed E-state index contributed by atoms with van der Waals surface area (Å²) >= 11 is 0. The highest BCUT2D eigenvalue weighted by Crippen LogP contribution is 2.15. The van der Waals surface area contributed by atoms with Gasteiger partial charge in [0.25, 0.3) is 0 Å². The van der Waals surface area contributed by atoms with Gasteiger partial charge in [0.15, 0.2) is 0 Å². The summed E-state index contributed by atoms with van der Waals surface area (Å²) in [5.41, 5.74) is 0.474. The first-order valence-corrected chi connectivity index (χ1v) is 3.99. The van der Waals surface area contributed by atoms with Crippen molar-refractivity contribution in [3.8, 4) is 6.07 Å². The van der Waals surface area contributed by atoms with Crippen molar-refractivity contribution < 1.29 is 14.3 Å². The molecule has 0 aliphatic carbocycles. The van der Waals surface area contributed by atoms with E-state index >= 15 is 0 Å². The fourth-order valence-corrected chi connectivity index (χ4v) is 0.938. The lowest BCUT2D eigenvalue weighted by Crippen LogP contribution is -1.95. The van der Waals surface area contributed by atoms with Crippen LogP contribution in [0.25, 0.3) is 0 Å². The molecule has 0 fully saturated rings. The first-order valence-electron chi connectivity index (χ1n) is 3.99. The molecule has 0 saturated heterocycles. The van der Waals surface area contributed by atoms with E-state index in [1.54, 1.807) is 6.07 Å². The highest BCUT2D eigenvalue weighted by Gasteiger charge is 2.01. The molecule has 0 bridgehead atoms. The van der Waals surface area contributed by atoms with Crippen molar-refractivity contribution in [2.45, 2.75) is 0 Å². The molecular weight excluding hydrogens is 199 g/mol. The van der Waals surface area contributed by atoms with E-state index in [2.05, 4.69) is 5.32 Å². The third kappa shape index (κ3) is 3.12. The Morgan fingerprint density at radius 3 is 2.93 bits per heavy atom. The van der Waals surface area contributed by atoms with Gasteiger partial charge in [0.05, 0.1) is 11.3 Å². The Balaban J connectivity index is 2.86. The minimum Gasteiger partial charge on any atom is -0.478 e. The second kappa shape index (κ2) is 4.77. The largest absolute Gasteiger partial charge is 0.478 e. The van der Waals surface area contributed by atoms with Gasteiger partial charge >= 0.3 is 5.97 Å². The molecule has 4 nitrogen and oxygen atoms in total. The van der Waals surface area contributed by atoms with Crippen LogP contribution in [0.2, 0.25) is 0 Å². The Hall–Kier alpha value is -2.35. The lowest BCUT2D eigenvalue weighted by atomic mass is 10.2. The van der Waals surface area contributed by atoms with E-state index in [0.717, 1.165) is 18.3 Å². The summed E-state index contributed by atoms with van der Waals surface area (Å²) in [7, 11) is 0. The minimum absolute atomic E-state index is 0.116. The third-order valence-electron chi connectivity index (χ3n) is 1.57. The van der Waals surface area contributed by atoms with Crippen LogP contribution in [0.15, 0.2) is 30.5 Å². The van der Waals surface area contributed by atoms with Crippen molar-refractivity contribution in [1.29, 1.82) is 5.26 Å². The molecule has 2 N–H and O–H groups in total. The maximum Gasteiger partial charge on any atom is 0.329 e. The number of hydrogen-bond donors (Lipinski definition) is 2. The van der Waals surface area contributed by atoms with Crippen LogP contribution in [-0.2, 0) is 4.79 Å². The molecule has 0 saturated carbocycles. The van der Waals surface area contributed by atoms with E-state index in [1.165, 1.54) is 12.1 Å². The molecule has 0 aliphatic heterocycles. The van der Waals surface area contributed by atoms with Gasteiger partial charge in [-0.25, -0.2) is 9.18 Å². The van der Waals surface area contributed by atoms with Crippen LogP contribution in [0.1, 0.15) is 5.56 Å². The fourth-order valence-electron chi connectivity index (χ4n) is 0.938. The number of benzene rings is 1. The lowest BCUT2D eigenvalue weighted by Gasteiger charge is -2.02. The molecule has 0 heterocycles. The smallest absolute Gasteiger partial charge is 0.329 e. The molecule has 5 heteroatoms. The van der Waals surface area contributed by atoms with Crippen LogP contribution >= 0.6 is 0 Å². The fraction of sp³-hybridized carbons (Fsp3) is 0. The summed E-state index contributed by atoms with van der Waals surface area (Å²) in [6.07, 6.45) is 2.04. The van der Waals surface area contributed by atoms with Crippen LogP contribution in [0.3, 0.4) is 0 Å². The van der Waals surface area contributed by atoms with Crippen molar-refractivity contribution in [1.82, 2.24) is 0 Å². The molecule has 1 aromatic carbocycles. The number of carbonyl (C=O) groups is 1. The van der Waals surface area contributed by atoms with Crippen LogP contribution in [-0.4, -0.2) is 11.1 Å². The molecule has 0 atom stereocenters. The van der Waals surface area contributed by atoms with Crippen molar-refractivity contribution in [3.05, 3.63) is 41.9 Å². The number of carboxylic acids is 1. The Labute approximate surface area is 85.3 Å². The Kier molecular flexibility index (Phi) is 3.41. The van der Waals surface area contributed by atoms with Crippen LogP contribution in [0.5, 0.6) is 0 Å². The van der Waals surface area contributed by atoms with Gasteiger partial charge in [-0.05, 0) is 18.2 Å². The van der Waals surface area contributed by atoms with Gasteiger partial charge in [-0.3, -0.25) is 0 Å². The average molecular weight is 206 g/mol. The quantitative estimate of drug-likeness (QED) is 0.738. The lowest BCUT2D eigenvalue weighted by molar-refractivity contribution is -0.131. The highest BCUT2D eigenvalue weighted by molar-refractivity contribution is 5.80. The van der Waals surface area contributed by atoms with Crippen molar-refractivity contribution >= 4 is 11.7 Å². The van der Waals surface area contributed by atoms with Crippen LogP contribution in [0, 0.1) is 17.1 Å². The second-order valence-electron chi connectivity index (χ2n) is 2.62. The molecule has 0 aliphatic rings. The van der Waals surface area contributed by atoms with Crippen molar-refractivity contribution in [2.24, 2.45) is 0 Å². The third-order valence-corrected chi connectivity index (χ3v) is 1.57. The summed E-state index contributed by atoms with van der Waals surface area (Å²) < 4.78 is 12.7. The molecule has 0 aromatic heterocycles. The minimum atomic E-state index is -1.11. The van der Waals surface area contributed by atoms with E-state index < -0.39 is 11.8 Å². The highest BCUT2D eigenvalue weighted by atomic mass is 19.1. The average Bonchev–Trinajstić information content (AvgIpc) is 2.19. The summed E-state index contributed by atoms with van der Waals surface area (Å²) in [5, 5.41) is 19.5. The molecule has 0 unspecified atom stereocenters. The first-order chi connectivity index (χ1) is 7.13. The molecule has 0 radical (unpaired) electrons. The molecule has 15 heavy (non-hydrogen) atoms. The predicted molar refractivity (Wildman–Crippen MR) is 51.5 cm³/mol. The maximum atomic E-state index is 12.7. The summed E-state index contributed by atoms with van der Waals surface area (Å²) in [4.78, 5) is 10.1. The molecule has 0 amide bonds. The molecule has 1 rings (SSSR count). The van der Waals surface area contributed by atoms with Gasteiger partial charge in [0, 0.05) is 12.3 Å². The van der Waals surface area contributed by atoms with E-state index in [9.17, 15) is 9.18 Å². The number of nitrogens with one attached hydrogen (secondary N) is 1. The molecule has 76 valence electrons. The number of anilines is 1. The zero-order chi connectivity index (χ0) is 11.3. The second-order valence-corrected chi connectivity index (χ2v) is 2.62. The van der Waals surface area contributed by atoms with E-state index in [-0.39, 0.29) is 5.56 Å². The number of rotatable bonds is 3. The van der Waals surface area contributed by atoms with Crippen LogP contribution in [0.4, 0.5) is 10.1 Å².